The zero-order valence-corrected chi connectivity index (χ0v) is 10.7. The van der Waals surface area contributed by atoms with Crippen LogP contribution >= 0.6 is 0 Å². The first-order valence-electron chi connectivity index (χ1n) is 3.63. The molecule has 0 aliphatic carbocycles. The van der Waals surface area contributed by atoms with Gasteiger partial charge in [0.15, 0.2) is 0 Å². The number of hydrogen-bond donors (Lipinski definition) is 0. The van der Waals surface area contributed by atoms with Crippen molar-refractivity contribution in [3.63, 3.8) is 0 Å². The summed E-state index contributed by atoms with van der Waals surface area (Å²) in [6.07, 6.45) is 0. The number of nitro benzene ring substituents is 1. The van der Waals surface area contributed by atoms with Gasteiger partial charge in [0.05, 0.1) is 0 Å². The molecule has 0 atom stereocenters. The van der Waals surface area contributed by atoms with Crippen molar-refractivity contribution < 1.29 is 4.92 Å². The van der Waals surface area contributed by atoms with Crippen LogP contribution in [0.2, 0.25) is 0 Å². The van der Waals surface area contributed by atoms with Crippen molar-refractivity contribution in [1.29, 1.82) is 5.26 Å². The van der Waals surface area contributed by atoms with Crippen molar-refractivity contribution >= 4 is 36.4 Å². The molecule has 0 radical (unpaired) electrons. The normalized spacial score (nSPS) is 9.43. The molecule has 4 nitrogen and oxygen atoms in total. The van der Waals surface area contributed by atoms with Crippen LogP contribution in [-0.2, 0) is 0 Å². The molecule has 0 amide bonds. The number of nitrogens with zero attached hydrogens (tertiary/aromatic N) is 2. The molecular weight excluding hydrogens is 314 g/mol. The van der Waals surface area contributed by atoms with Crippen molar-refractivity contribution in [3.05, 3.63) is 33.9 Å². The van der Waals surface area contributed by atoms with Gasteiger partial charge in [0.25, 0.3) is 0 Å². The first-order valence-corrected chi connectivity index (χ1v) is 9.67. The molecule has 0 aromatic heterocycles. The third-order valence-electron chi connectivity index (χ3n) is 1.48. The molecule has 0 saturated carbocycles. The van der Waals surface area contributed by atoms with Crippen molar-refractivity contribution in [1.82, 2.24) is 0 Å². The molecule has 0 unspecified atom stereocenters. The van der Waals surface area contributed by atoms with E-state index < -0.39 is 0 Å². The summed E-state index contributed by atoms with van der Waals surface area (Å²) in [6, 6.07) is 5.16. The van der Waals surface area contributed by atoms with E-state index in [4.69, 9.17) is 5.26 Å². The molecule has 0 bridgehead atoms. The summed E-state index contributed by atoms with van der Waals surface area (Å²) in [5, 5.41) is 19.1. The SMILES string of the molecule is Cc1ccc([Se][Se]C#N)c([N+](=O)[O-])c1. The molecule has 0 aliphatic heterocycles. The standard InChI is InChI=1S/C8H6N2O2Se2/c1-6-2-3-8(14-13-5-9)7(4-6)10(11)12/h2-4H,1H3. The number of nitro groups is 1. The maximum atomic E-state index is 10.7. The second kappa shape index (κ2) is 5.13. The number of rotatable bonds is 3. The molecule has 0 saturated heterocycles. The Morgan fingerprint density at radius 2 is 2.29 bits per heavy atom. The van der Waals surface area contributed by atoms with E-state index in [1.54, 1.807) is 12.1 Å². The van der Waals surface area contributed by atoms with Crippen molar-refractivity contribution in [2.45, 2.75) is 6.92 Å². The number of aryl methyl sites for hydroxylation is 1. The van der Waals surface area contributed by atoms with E-state index in [1.165, 1.54) is 0 Å². The first kappa shape index (κ1) is 11.2. The summed E-state index contributed by atoms with van der Waals surface area (Å²) in [4.78, 5) is 12.4. The average molecular weight is 320 g/mol. The molecule has 1 rings (SSSR count). The Morgan fingerprint density at radius 3 is 2.86 bits per heavy atom. The Bertz CT molecular complexity index is 401. The monoisotopic (exact) mass is 322 g/mol. The summed E-state index contributed by atoms with van der Waals surface area (Å²) in [5.41, 5.74) is 1.03. The van der Waals surface area contributed by atoms with Gasteiger partial charge in [-0.1, -0.05) is 0 Å². The molecule has 72 valence electrons. The fraction of sp³-hybridized carbons (Fsp3) is 0.125. The van der Waals surface area contributed by atoms with Crippen molar-refractivity contribution in [3.8, 4) is 4.97 Å². The van der Waals surface area contributed by atoms with Crippen LogP contribution in [0.5, 0.6) is 0 Å². The van der Waals surface area contributed by atoms with Gasteiger partial charge in [0.2, 0.25) is 0 Å². The maximum absolute atomic E-state index is 10.7. The average Bonchev–Trinajstić information content (AvgIpc) is 2.15. The fourth-order valence-corrected chi connectivity index (χ4v) is 4.81. The number of nitriles is 1. The molecule has 0 N–H and O–H groups in total. The van der Waals surface area contributed by atoms with Crippen LogP contribution in [0.3, 0.4) is 0 Å². The minimum absolute atomic E-state index is 0.0577. The first-order chi connectivity index (χ1) is 6.65. The van der Waals surface area contributed by atoms with Gasteiger partial charge in [-0.05, 0) is 0 Å². The van der Waals surface area contributed by atoms with Crippen molar-refractivity contribution in [2.24, 2.45) is 0 Å². The Hall–Kier alpha value is -0.851. The second-order valence-corrected chi connectivity index (χ2v) is 8.13. The molecule has 6 heteroatoms. The van der Waals surface area contributed by atoms with E-state index in [2.05, 4.69) is 4.97 Å². The van der Waals surface area contributed by atoms with Crippen LogP contribution < -0.4 is 4.46 Å². The molecule has 0 heterocycles. The van der Waals surface area contributed by atoms with Gasteiger partial charge in [-0.2, -0.15) is 0 Å². The zero-order valence-electron chi connectivity index (χ0n) is 7.26. The molecular formula is C8H6N2O2Se2. The Balaban J connectivity index is 3.03. The Kier molecular flexibility index (Phi) is 4.12. The van der Waals surface area contributed by atoms with Gasteiger partial charge in [-0.25, -0.2) is 0 Å². The molecule has 1 aromatic carbocycles. The van der Waals surface area contributed by atoms with Crippen LogP contribution in [0.4, 0.5) is 5.69 Å². The van der Waals surface area contributed by atoms with Gasteiger partial charge in [0.1, 0.15) is 0 Å². The van der Waals surface area contributed by atoms with Crippen molar-refractivity contribution in [2.75, 3.05) is 0 Å². The molecule has 1 aromatic rings. The van der Waals surface area contributed by atoms with E-state index >= 15 is 0 Å². The van der Waals surface area contributed by atoms with Gasteiger partial charge < -0.3 is 0 Å². The van der Waals surface area contributed by atoms with Crippen LogP contribution in [0.1, 0.15) is 5.56 Å². The van der Waals surface area contributed by atoms with Gasteiger partial charge >= 0.3 is 92.4 Å². The number of hydrogen-bond acceptors (Lipinski definition) is 3. The minimum atomic E-state index is -0.377. The molecule has 0 fully saturated rings. The van der Waals surface area contributed by atoms with Gasteiger partial charge in [0, 0.05) is 0 Å². The Labute approximate surface area is 92.3 Å². The third kappa shape index (κ3) is 2.83. The Morgan fingerprint density at radius 1 is 1.57 bits per heavy atom. The number of benzene rings is 1. The van der Waals surface area contributed by atoms with Gasteiger partial charge in [-0.3, -0.25) is 0 Å². The molecule has 0 spiro atoms. The summed E-state index contributed by atoms with van der Waals surface area (Å²) < 4.78 is 0.717. The van der Waals surface area contributed by atoms with E-state index in [9.17, 15) is 10.1 Å². The summed E-state index contributed by atoms with van der Waals surface area (Å²) in [7, 11) is 0. The predicted octanol–water partition coefficient (Wildman–Crippen LogP) is 0.333. The third-order valence-corrected chi connectivity index (χ3v) is 6.59. The van der Waals surface area contributed by atoms with E-state index in [1.807, 2.05) is 13.0 Å². The van der Waals surface area contributed by atoms with E-state index in [0.717, 1.165) is 10.0 Å². The molecule has 0 aliphatic rings. The quantitative estimate of drug-likeness (QED) is 0.458. The predicted molar refractivity (Wildman–Crippen MR) is 54.6 cm³/mol. The summed E-state index contributed by atoms with van der Waals surface area (Å²) >= 11 is -0.204. The van der Waals surface area contributed by atoms with Crippen LogP contribution in [0.25, 0.3) is 0 Å². The second-order valence-electron chi connectivity index (χ2n) is 2.49. The summed E-state index contributed by atoms with van der Waals surface area (Å²) in [5.74, 6) is 0. The fourth-order valence-electron chi connectivity index (χ4n) is 0.904. The zero-order chi connectivity index (χ0) is 10.6. The van der Waals surface area contributed by atoms with Crippen LogP contribution in [0.15, 0.2) is 18.2 Å². The van der Waals surface area contributed by atoms with Gasteiger partial charge in [-0.15, -0.1) is 0 Å². The van der Waals surface area contributed by atoms with E-state index in [0.29, 0.717) is 0 Å². The molecule has 14 heavy (non-hydrogen) atoms. The summed E-state index contributed by atoms with van der Waals surface area (Å²) in [6.45, 7) is 1.82. The van der Waals surface area contributed by atoms with Crippen LogP contribution in [-0.4, -0.2) is 31.2 Å². The topological polar surface area (TPSA) is 66.9 Å². The van der Waals surface area contributed by atoms with E-state index in [-0.39, 0.29) is 36.9 Å². The van der Waals surface area contributed by atoms with Crippen LogP contribution in [0, 0.1) is 27.3 Å².